The highest BCUT2D eigenvalue weighted by atomic mass is 79.9. The first-order valence-corrected chi connectivity index (χ1v) is 7.72. The molecular formula is C13H15BrN6S. The molecule has 0 fully saturated rings. The van der Waals surface area contributed by atoms with Gasteiger partial charge in [-0.1, -0.05) is 34.2 Å². The number of H-pyrrole nitrogens is 1. The molecule has 0 aliphatic carbocycles. The summed E-state index contributed by atoms with van der Waals surface area (Å²) in [5.74, 6) is 0.778. The average Bonchev–Trinajstić information content (AvgIpc) is 3.04. The fourth-order valence-electron chi connectivity index (χ4n) is 2.14. The molecule has 1 aromatic carbocycles. The summed E-state index contributed by atoms with van der Waals surface area (Å²) < 4.78 is 3.54. The molecular weight excluding hydrogens is 352 g/mol. The summed E-state index contributed by atoms with van der Waals surface area (Å²) in [4.78, 5) is 0. The van der Waals surface area contributed by atoms with Crippen LogP contribution in [0.1, 0.15) is 19.4 Å². The van der Waals surface area contributed by atoms with Crippen molar-refractivity contribution >= 4 is 34.0 Å². The summed E-state index contributed by atoms with van der Waals surface area (Å²) in [5, 5.41) is 9.38. The molecule has 0 unspecified atom stereocenters. The molecule has 1 aliphatic rings. The Hall–Kier alpha value is -1.64. The second-order valence-electron chi connectivity index (χ2n) is 4.93. The fourth-order valence-corrected chi connectivity index (χ4v) is 2.83. The molecule has 8 heteroatoms. The minimum Gasteiger partial charge on any atom is -0.299 e. The maximum atomic E-state index is 5.58. The Balaban J connectivity index is 2.03. The van der Waals surface area contributed by atoms with Gasteiger partial charge in [-0.2, -0.15) is 0 Å². The molecule has 21 heavy (non-hydrogen) atoms. The van der Waals surface area contributed by atoms with Crippen LogP contribution in [0.2, 0.25) is 0 Å². The zero-order valence-corrected chi connectivity index (χ0v) is 14.0. The van der Waals surface area contributed by atoms with Crippen molar-refractivity contribution in [3.8, 4) is 5.69 Å². The van der Waals surface area contributed by atoms with Gasteiger partial charge in [0, 0.05) is 16.7 Å². The number of aromatic nitrogens is 2. The van der Waals surface area contributed by atoms with E-state index in [0.29, 0.717) is 4.64 Å². The number of hydrazine groups is 2. The van der Waals surface area contributed by atoms with Gasteiger partial charge in [0.25, 0.3) is 0 Å². The predicted octanol–water partition coefficient (Wildman–Crippen LogP) is 2.69. The Labute approximate surface area is 135 Å². The van der Waals surface area contributed by atoms with E-state index in [-0.39, 0.29) is 6.04 Å². The van der Waals surface area contributed by atoms with E-state index in [1.54, 1.807) is 0 Å². The van der Waals surface area contributed by atoms with E-state index in [1.807, 2.05) is 40.2 Å². The van der Waals surface area contributed by atoms with Crippen molar-refractivity contribution in [1.29, 1.82) is 0 Å². The molecule has 2 aromatic rings. The van der Waals surface area contributed by atoms with Crippen molar-refractivity contribution in [3.05, 3.63) is 45.1 Å². The number of hydrogen-bond acceptors (Lipinski definition) is 5. The van der Waals surface area contributed by atoms with Gasteiger partial charge < -0.3 is 0 Å². The van der Waals surface area contributed by atoms with E-state index in [0.717, 1.165) is 21.6 Å². The van der Waals surface area contributed by atoms with Crippen LogP contribution in [-0.4, -0.2) is 26.7 Å². The molecule has 3 N–H and O–H groups in total. The number of aromatic amines is 1. The Morgan fingerprint density at radius 3 is 2.86 bits per heavy atom. The molecule has 0 spiro atoms. The maximum Gasteiger partial charge on any atom is 0.177 e. The van der Waals surface area contributed by atoms with E-state index in [4.69, 9.17) is 12.2 Å². The van der Waals surface area contributed by atoms with Crippen LogP contribution in [0.5, 0.6) is 0 Å². The van der Waals surface area contributed by atoms with Gasteiger partial charge >= 0.3 is 0 Å². The number of amidine groups is 1. The van der Waals surface area contributed by atoms with Crippen LogP contribution >= 0.6 is 28.1 Å². The van der Waals surface area contributed by atoms with E-state index in [2.05, 4.69) is 51.0 Å². The Morgan fingerprint density at radius 2 is 2.14 bits per heavy atom. The van der Waals surface area contributed by atoms with E-state index >= 15 is 0 Å². The molecule has 0 radical (unpaired) electrons. The largest absolute Gasteiger partial charge is 0.299 e. The monoisotopic (exact) mass is 366 g/mol. The molecule has 6 nitrogen and oxygen atoms in total. The normalized spacial score (nSPS) is 14.5. The summed E-state index contributed by atoms with van der Waals surface area (Å²) >= 11 is 9.05. The van der Waals surface area contributed by atoms with E-state index in [1.165, 1.54) is 0 Å². The van der Waals surface area contributed by atoms with Gasteiger partial charge in [-0.15, -0.1) is 10.6 Å². The predicted molar refractivity (Wildman–Crippen MR) is 88.4 cm³/mol. The first kappa shape index (κ1) is 14.3. The summed E-state index contributed by atoms with van der Waals surface area (Å²) in [7, 11) is 0. The molecule has 3 rings (SSSR count). The molecule has 110 valence electrons. The van der Waals surface area contributed by atoms with Gasteiger partial charge in [-0.3, -0.25) is 10.1 Å². The van der Waals surface area contributed by atoms with Gasteiger partial charge in [-0.05, 0) is 32.0 Å². The van der Waals surface area contributed by atoms with Crippen molar-refractivity contribution in [2.24, 2.45) is 5.10 Å². The summed E-state index contributed by atoms with van der Waals surface area (Å²) in [6.45, 7) is 4.15. The maximum absolute atomic E-state index is 5.58. The number of hydrazone groups is 1. The van der Waals surface area contributed by atoms with Gasteiger partial charge in [-0.25, -0.2) is 10.2 Å². The third kappa shape index (κ3) is 2.61. The number of nitrogens with one attached hydrogen (secondary N) is 3. The first-order valence-electron chi connectivity index (χ1n) is 6.52. The molecule has 1 aromatic heterocycles. The van der Waals surface area contributed by atoms with Crippen LogP contribution < -0.4 is 11.1 Å². The molecule has 0 saturated heterocycles. The fraction of sp³-hybridized carbons (Fsp3) is 0.231. The topological polar surface area (TPSA) is 60.4 Å². The third-order valence-electron chi connectivity index (χ3n) is 3.16. The summed E-state index contributed by atoms with van der Waals surface area (Å²) in [6.07, 6.45) is 1.87. The van der Waals surface area contributed by atoms with Crippen molar-refractivity contribution < 1.29 is 0 Å². The van der Waals surface area contributed by atoms with Crippen LogP contribution in [0.25, 0.3) is 5.69 Å². The highest BCUT2D eigenvalue weighted by molar-refractivity contribution is 9.10. The average molecular weight is 367 g/mol. The molecule has 0 atom stereocenters. The third-order valence-corrected chi connectivity index (χ3v) is 4.05. The smallest absolute Gasteiger partial charge is 0.177 e. The van der Waals surface area contributed by atoms with Crippen molar-refractivity contribution in [1.82, 2.24) is 25.9 Å². The molecule has 0 bridgehead atoms. The zero-order valence-electron chi connectivity index (χ0n) is 11.6. The van der Waals surface area contributed by atoms with Crippen molar-refractivity contribution in [2.75, 3.05) is 0 Å². The number of benzene rings is 1. The van der Waals surface area contributed by atoms with Gasteiger partial charge in [0.1, 0.15) is 4.64 Å². The number of rotatable bonds is 3. The van der Waals surface area contributed by atoms with Gasteiger partial charge in [0.15, 0.2) is 5.84 Å². The zero-order chi connectivity index (χ0) is 15.0. The Kier molecular flexibility index (Phi) is 3.83. The van der Waals surface area contributed by atoms with Crippen molar-refractivity contribution in [3.63, 3.8) is 0 Å². The van der Waals surface area contributed by atoms with Crippen molar-refractivity contribution in [2.45, 2.75) is 19.9 Å². The summed E-state index contributed by atoms with van der Waals surface area (Å²) in [6, 6.07) is 8.20. The minimum absolute atomic E-state index is 0.252. The van der Waals surface area contributed by atoms with Crippen LogP contribution in [0.4, 0.5) is 0 Å². The minimum atomic E-state index is 0.252. The van der Waals surface area contributed by atoms with Crippen LogP contribution in [0.15, 0.2) is 40.0 Å². The Bertz CT molecular complexity index is 747. The molecule has 1 aliphatic heterocycles. The lowest BCUT2D eigenvalue weighted by Crippen LogP contribution is -2.45. The second-order valence-corrected chi connectivity index (χ2v) is 6.23. The lowest BCUT2D eigenvalue weighted by Gasteiger charge is -2.22. The van der Waals surface area contributed by atoms with Crippen LogP contribution in [0.3, 0.4) is 0 Å². The second kappa shape index (κ2) is 5.63. The number of nitrogens with zero attached hydrogens (tertiary/aromatic N) is 3. The Morgan fingerprint density at radius 1 is 1.33 bits per heavy atom. The molecule has 2 heterocycles. The lowest BCUT2D eigenvalue weighted by atomic mass is 10.2. The summed E-state index contributed by atoms with van der Waals surface area (Å²) in [5.41, 5.74) is 7.61. The standard InChI is InChI=1S/C13H15BrN6S/c1-8(2)19-12(16-17-18-19)11-7-15-20(13(11)21)10-5-3-4-9(14)6-10/h3-8,15,17-18H,1-2H3. The quantitative estimate of drug-likeness (QED) is 0.730. The molecule has 0 amide bonds. The highest BCUT2D eigenvalue weighted by Gasteiger charge is 2.24. The first-order chi connectivity index (χ1) is 10.1. The van der Waals surface area contributed by atoms with Gasteiger partial charge in [0.05, 0.1) is 11.3 Å². The van der Waals surface area contributed by atoms with E-state index < -0.39 is 0 Å². The van der Waals surface area contributed by atoms with E-state index in [9.17, 15) is 0 Å². The molecule has 0 saturated carbocycles. The highest BCUT2D eigenvalue weighted by Crippen LogP contribution is 2.18. The number of hydrogen-bond donors (Lipinski definition) is 3. The van der Waals surface area contributed by atoms with Gasteiger partial charge in [0.2, 0.25) is 0 Å². The lowest BCUT2D eigenvalue weighted by molar-refractivity contribution is 0.246. The number of halogens is 1. The van der Waals surface area contributed by atoms with Crippen LogP contribution in [-0.2, 0) is 0 Å². The van der Waals surface area contributed by atoms with Crippen LogP contribution in [0, 0.1) is 4.64 Å². The SMILES string of the molecule is CC(C)N1NNN=C1c1c[nH]n(-c2cccc(Br)c2)c1=S.